The molecule has 1 atom stereocenters. The van der Waals surface area contributed by atoms with Crippen LogP contribution in [0.25, 0.3) is 0 Å². The Kier molecular flexibility index (Phi) is 4.85. The van der Waals surface area contributed by atoms with Gasteiger partial charge in [0.1, 0.15) is 0 Å². The largest absolute Gasteiger partial charge is 0.396 e. The maximum atomic E-state index is 8.74. The van der Waals surface area contributed by atoms with Crippen molar-refractivity contribution in [1.29, 1.82) is 0 Å². The third-order valence-corrected chi connectivity index (χ3v) is 3.30. The molecule has 3 heteroatoms. The van der Waals surface area contributed by atoms with Crippen LogP contribution in [-0.2, 0) is 0 Å². The Bertz CT molecular complexity index is 155. The molecule has 0 heterocycles. The van der Waals surface area contributed by atoms with Gasteiger partial charge in [-0.1, -0.05) is 12.8 Å². The molecule has 0 aromatic rings. The molecule has 0 aromatic carbocycles. The molecule has 0 spiro atoms. The molecule has 1 aliphatic carbocycles. The number of aliphatic hydroxyl groups excluding tert-OH is 1. The Hall–Kier alpha value is -0.120. The first-order valence-electron chi connectivity index (χ1n) is 5.81. The van der Waals surface area contributed by atoms with Crippen molar-refractivity contribution in [2.24, 2.45) is 5.73 Å². The summed E-state index contributed by atoms with van der Waals surface area (Å²) in [5.74, 6) is 0. The fourth-order valence-corrected chi connectivity index (χ4v) is 2.45. The summed E-state index contributed by atoms with van der Waals surface area (Å²) >= 11 is 0. The Balaban J connectivity index is 2.32. The lowest BCUT2D eigenvalue weighted by Crippen LogP contribution is -2.52. The highest BCUT2D eigenvalue weighted by Crippen LogP contribution is 2.29. The summed E-state index contributed by atoms with van der Waals surface area (Å²) in [5, 5.41) is 12.4. The van der Waals surface area contributed by atoms with Gasteiger partial charge in [0, 0.05) is 24.7 Å². The molecule has 0 saturated heterocycles. The zero-order valence-electron chi connectivity index (χ0n) is 9.26. The number of rotatable bonds is 6. The van der Waals surface area contributed by atoms with Gasteiger partial charge in [0.25, 0.3) is 0 Å². The molecule has 0 radical (unpaired) electrons. The smallest absolute Gasteiger partial charge is 0.0431 e. The number of nitrogens with one attached hydrogen (secondary N) is 1. The minimum Gasteiger partial charge on any atom is -0.396 e. The first-order chi connectivity index (χ1) is 6.72. The van der Waals surface area contributed by atoms with Gasteiger partial charge in [-0.25, -0.2) is 0 Å². The van der Waals surface area contributed by atoms with Crippen LogP contribution in [0, 0.1) is 0 Å². The van der Waals surface area contributed by atoms with E-state index in [0.29, 0.717) is 12.6 Å². The molecule has 1 unspecified atom stereocenters. The summed E-state index contributed by atoms with van der Waals surface area (Å²) in [6, 6.07) is 0.476. The third kappa shape index (κ3) is 3.23. The molecule has 1 saturated carbocycles. The summed E-state index contributed by atoms with van der Waals surface area (Å²) in [4.78, 5) is 0. The molecule has 1 aliphatic rings. The minimum absolute atomic E-state index is 0.203. The first-order valence-corrected chi connectivity index (χ1v) is 5.81. The van der Waals surface area contributed by atoms with Crippen molar-refractivity contribution in [3.8, 4) is 0 Å². The first kappa shape index (κ1) is 12.0. The van der Waals surface area contributed by atoms with Gasteiger partial charge in [0.15, 0.2) is 0 Å². The molecule has 0 aliphatic heterocycles. The van der Waals surface area contributed by atoms with Crippen molar-refractivity contribution in [1.82, 2.24) is 5.32 Å². The quantitative estimate of drug-likeness (QED) is 0.600. The molecular weight excluding hydrogens is 176 g/mol. The highest BCUT2D eigenvalue weighted by molar-refractivity contribution is 4.94. The molecule has 0 bridgehead atoms. The molecule has 3 nitrogen and oxygen atoms in total. The summed E-state index contributed by atoms with van der Waals surface area (Å²) in [6.07, 6.45) is 6.96. The van der Waals surface area contributed by atoms with Crippen LogP contribution in [0.4, 0.5) is 0 Å². The van der Waals surface area contributed by atoms with Crippen LogP contribution in [0.2, 0.25) is 0 Å². The van der Waals surface area contributed by atoms with E-state index in [2.05, 4.69) is 12.2 Å². The average Bonchev–Trinajstić information content (AvgIpc) is 2.64. The SMILES string of the molecule is CC(CCCO)NC1(CN)CCCC1. The van der Waals surface area contributed by atoms with E-state index >= 15 is 0 Å². The van der Waals surface area contributed by atoms with E-state index in [1.54, 1.807) is 0 Å². The lowest BCUT2D eigenvalue weighted by atomic mass is 9.96. The topological polar surface area (TPSA) is 58.3 Å². The summed E-state index contributed by atoms with van der Waals surface area (Å²) in [6.45, 7) is 3.23. The van der Waals surface area contributed by atoms with Crippen molar-refractivity contribution in [2.45, 2.75) is 57.0 Å². The van der Waals surface area contributed by atoms with Crippen LogP contribution in [0.5, 0.6) is 0 Å². The van der Waals surface area contributed by atoms with E-state index in [4.69, 9.17) is 10.8 Å². The Morgan fingerprint density at radius 1 is 1.43 bits per heavy atom. The van der Waals surface area contributed by atoms with Crippen LogP contribution in [-0.4, -0.2) is 29.8 Å². The Morgan fingerprint density at radius 3 is 2.57 bits per heavy atom. The molecule has 1 fully saturated rings. The Morgan fingerprint density at radius 2 is 2.07 bits per heavy atom. The zero-order chi connectivity index (χ0) is 10.4. The molecule has 0 amide bonds. The molecule has 14 heavy (non-hydrogen) atoms. The molecule has 84 valence electrons. The number of aliphatic hydroxyl groups is 1. The standard InChI is InChI=1S/C11H24N2O/c1-10(5-4-8-14)13-11(9-12)6-2-3-7-11/h10,13-14H,2-9,12H2,1H3. The van der Waals surface area contributed by atoms with Crippen LogP contribution in [0.3, 0.4) is 0 Å². The highest BCUT2D eigenvalue weighted by atomic mass is 16.2. The fourth-order valence-electron chi connectivity index (χ4n) is 2.45. The van der Waals surface area contributed by atoms with Crippen LogP contribution >= 0.6 is 0 Å². The summed E-state index contributed by atoms with van der Waals surface area (Å²) in [7, 11) is 0. The molecule has 1 rings (SSSR count). The van der Waals surface area contributed by atoms with E-state index in [9.17, 15) is 0 Å². The lowest BCUT2D eigenvalue weighted by Gasteiger charge is -2.32. The van der Waals surface area contributed by atoms with Gasteiger partial charge < -0.3 is 16.2 Å². The maximum absolute atomic E-state index is 8.74. The molecular formula is C11H24N2O. The van der Waals surface area contributed by atoms with Gasteiger partial charge in [-0.15, -0.1) is 0 Å². The fraction of sp³-hybridized carbons (Fsp3) is 1.00. The van der Waals surface area contributed by atoms with Crippen LogP contribution in [0.15, 0.2) is 0 Å². The van der Waals surface area contributed by atoms with E-state index in [1.165, 1.54) is 25.7 Å². The van der Waals surface area contributed by atoms with Gasteiger partial charge in [-0.3, -0.25) is 0 Å². The van der Waals surface area contributed by atoms with Crippen LogP contribution in [0.1, 0.15) is 45.4 Å². The van der Waals surface area contributed by atoms with E-state index in [-0.39, 0.29) is 5.54 Å². The molecule has 4 N–H and O–H groups in total. The predicted molar refractivity (Wildman–Crippen MR) is 59.2 cm³/mol. The monoisotopic (exact) mass is 200 g/mol. The van der Waals surface area contributed by atoms with Gasteiger partial charge in [0.2, 0.25) is 0 Å². The van der Waals surface area contributed by atoms with Crippen molar-refractivity contribution in [3.05, 3.63) is 0 Å². The van der Waals surface area contributed by atoms with E-state index in [0.717, 1.165) is 19.4 Å². The summed E-state index contributed by atoms with van der Waals surface area (Å²) < 4.78 is 0. The third-order valence-electron chi connectivity index (χ3n) is 3.30. The minimum atomic E-state index is 0.203. The van der Waals surface area contributed by atoms with Crippen molar-refractivity contribution < 1.29 is 5.11 Å². The molecule has 0 aromatic heterocycles. The van der Waals surface area contributed by atoms with Crippen molar-refractivity contribution in [3.63, 3.8) is 0 Å². The normalized spacial score (nSPS) is 22.5. The lowest BCUT2D eigenvalue weighted by molar-refractivity contribution is 0.255. The van der Waals surface area contributed by atoms with Gasteiger partial charge in [-0.05, 0) is 32.6 Å². The van der Waals surface area contributed by atoms with Crippen molar-refractivity contribution >= 4 is 0 Å². The second-order valence-corrected chi connectivity index (χ2v) is 4.60. The van der Waals surface area contributed by atoms with Crippen LogP contribution < -0.4 is 11.1 Å². The van der Waals surface area contributed by atoms with Gasteiger partial charge >= 0.3 is 0 Å². The highest BCUT2D eigenvalue weighted by Gasteiger charge is 2.32. The summed E-state index contributed by atoms with van der Waals surface area (Å²) in [5.41, 5.74) is 6.04. The zero-order valence-corrected chi connectivity index (χ0v) is 9.26. The number of hydrogen-bond donors (Lipinski definition) is 3. The predicted octanol–water partition coefficient (Wildman–Crippen LogP) is 1.01. The second kappa shape index (κ2) is 5.69. The van der Waals surface area contributed by atoms with Crippen molar-refractivity contribution in [2.75, 3.05) is 13.2 Å². The average molecular weight is 200 g/mol. The second-order valence-electron chi connectivity index (χ2n) is 4.60. The van der Waals surface area contributed by atoms with Gasteiger partial charge in [0.05, 0.1) is 0 Å². The van der Waals surface area contributed by atoms with E-state index < -0.39 is 0 Å². The maximum Gasteiger partial charge on any atom is 0.0431 e. The number of hydrogen-bond acceptors (Lipinski definition) is 3. The van der Waals surface area contributed by atoms with E-state index in [1.807, 2.05) is 0 Å². The van der Waals surface area contributed by atoms with Gasteiger partial charge in [-0.2, -0.15) is 0 Å². The Labute approximate surface area is 87.1 Å². The number of nitrogens with two attached hydrogens (primary N) is 1.